The van der Waals surface area contributed by atoms with Crippen molar-refractivity contribution >= 4 is 21.7 Å². The lowest BCUT2D eigenvalue weighted by Gasteiger charge is -2.07. The highest BCUT2D eigenvalue weighted by Crippen LogP contribution is 2.25. The molecule has 2 heterocycles. The van der Waals surface area contributed by atoms with Crippen molar-refractivity contribution in [2.45, 2.75) is 39.5 Å². The van der Waals surface area contributed by atoms with Crippen molar-refractivity contribution in [2.75, 3.05) is 0 Å². The van der Waals surface area contributed by atoms with Crippen LogP contribution in [-0.4, -0.2) is 9.36 Å². The van der Waals surface area contributed by atoms with E-state index in [1.165, 1.54) is 10.4 Å². The van der Waals surface area contributed by atoms with E-state index in [0.717, 1.165) is 24.1 Å². The monoisotopic (exact) mass is 220 g/mol. The number of fused-ring (bicyclic) bond motifs is 1. The van der Waals surface area contributed by atoms with Crippen LogP contribution in [0.1, 0.15) is 44.5 Å². The van der Waals surface area contributed by atoms with E-state index in [9.17, 15) is 0 Å². The van der Waals surface area contributed by atoms with Gasteiger partial charge in [-0.3, -0.25) is 0 Å². The lowest BCUT2D eigenvalue weighted by molar-refractivity contribution is 0.711. The van der Waals surface area contributed by atoms with Crippen LogP contribution >= 0.6 is 11.5 Å². The summed E-state index contributed by atoms with van der Waals surface area (Å²) in [6.07, 6.45) is 2.11. The topological polar surface area (TPSA) is 25.8 Å². The van der Waals surface area contributed by atoms with Crippen LogP contribution in [0, 0.1) is 0 Å². The van der Waals surface area contributed by atoms with Crippen molar-refractivity contribution in [3.8, 4) is 0 Å². The van der Waals surface area contributed by atoms with Crippen LogP contribution in [0.15, 0.2) is 12.1 Å². The van der Waals surface area contributed by atoms with Crippen LogP contribution in [0.25, 0.3) is 10.2 Å². The zero-order valence-electron chi connectivity index (χ0n) is 9.45. The second-order valence-electron chi connectivity index (χ2n) is 3.87. The molecule has 0 aromatic carbocycles. The van der Waals surface area contributed by atoms with Crippen LogP contribution in [0.3, 0.4) is 0 Å². The van der Waals surface area contributed by atoms with Gasteiger partial charge in [-0.05, 0) is 42.4 Å². The number of aryl methyl sites for hydroxylation is 1. The average molecular weight is 220 g/mol. The van der Waals surface area contributed by atoms with E-state index in [1.807, 2.05) is 0 Å². The Balaban J connectivity index is 2.52. The molecule has 0 bridgehead atoms. The van der Waals surface area contributed by atoms with Gasteiger partial charge >= 0.3 is 0 Å². The molecular weight excluding hydrogens is 204 g/mol. The molecule has 1 atom stereocenters. The van der Waals surface area contributed by atoms with Crippen molar-refractivity contribution in [2.24, 2.45) is 0 Å². The summed E-state index contributed by atoms with van der Waals surface area (Å²) in [5, 5.41) is 0. The Morgan fingerprint density at radius 1 is 1.33 bits per heavy atom. The van der Waals surface area contributed by atoms with Gasteiger partial charge < -0.3 is 0 Å². The van der Waals surface area contributed by atoms with E-state index in [2.05, 4.69) is 37.3 Å². The van der Waals surface area contributed by atoms with Crippen LogP contribution in [0.2, 0.25) is 0 Å². The summed E-state index contributed by atoms with van der Waals surface area (Å²) in [4.78, 5) is 4.72. The van der Waals surface area contributed by atoms with Crippen LogP contribution in [-0.2, 0) is 6.42 Å². The number of nitrogens with zero attached hydrogens (tertiary/aromatic N) is 2. The van der Waals surface area contributed by atoms with E-state index in [-0.39, 0.29) is 0 Å². The molecule has 0 spiro atoms. The van der Waals surface area contributed by atoms with Gasteiger partial charge in [-0.25, -0.2) is 4.98 Å². The van der Waals surface area contributed by atoms with E-state index in [1.54, 1.807) is 11.5 Å². The van der Waals surface area contributed by atoms with Crippen LogP contribution in [0.4, 0.5) is 0 Å². The fourth-order valence-corrected chi connectivity index (χ4v) is 2.41. The first-order valence-electron chi connectivity index (χ1n) is 5.51. The van der Waals surface area contributed by atoms with Gasteiger partial charge in [0.15, 0.2) is 0 Å². The highest BCUT2D eigenvalue weighted by Gasteiger charge is 2.09. The molecule has 1 unspecified atom stereocenters. The second-order valence-corrected chi connectivity index (χ2v) is 4.68. The molecule has 0 amide bonds. The molecule has 0 aliphatic carbocycles. The Morgan fingerprint density at radius 3 is 2.80 bits per heavy atom. The van der Waals surface area contributed by atoms with E-state index in [4.69, 9.17) is 4.98 Å². The molecule has 0 saturated carbocycles. The Labute approximate surface area is 94.5 Å². The third-order valence-electron chi connectivity index (χ3n) is 2.86. The summed E-state index contributed by atoms with van der Waals surface area (Å²) in [6, 6.07) is 4.29. The summed E-state index contributed by atoms with van der Waals surface area (Å²) < 4.78 is 5.63. The van der Waals surface area contributed by atoms with Gasteiger partial charge in [-0.2, -0.15) is 4.37 Å². The first-order chi connectivity index (χ1) is 7.26. The van der Waals surface area contributed by atoms with Crippen molar-refractivity contribution < 1.29 is 0 Å². The predicted octanol–water partition coefficient (Wildman–Crippen LogP) is 3.77. The fourth-order valence-electron chi connectivity index (χ4n) is 1.60. The smallest absolute Gasteiger partial charge is 0.105 e. The van der Waals surface area contributed by atoms with Gasteiger partial charge in [0.05, 0.1) is 10.4 Å². The molecule has 0 radical (unpaired) electrons. The van der Waals surface area contributed by atoms with E-state index < -0.39 is 0 Å². The highest BCUT2D eigenvalue weighted by atomic mass is 32.1. The summed E-state index contributed by atoms with van der Waals surface area (Å²) in [6.45, 7) is 6.55. The number of hydrogen-bond donors (Lipinski definition) is 0. The van der Waals surface area contributed by atoms with Gasteiger partial charge in [0.25, 0.3) is 0 Å². The summed E-state index contributed by atoms with van der Waals surface area (Å²) in [7, 11) is 0. The van der Waals surface area contributed by atoms with Crippen molar-refractivity contribution in [1.29, 1.82) is 0 Å². The van der Waals surface area contributed by atoms with Gasteiger partial charge in [0, 0.05) is 5.69 Å². The fraction of sp³-hybridized carbons (Fsp3) is 0.500. The third kappa shape index (κ3) is 1.88. The maximum absolute atomic E-state index is 4.72. The second kappa shape index (κ2) is 4.27. The van der Waals surface area contributed by atoms with Crippen molar-refractivity contribution in [3.63, 3.8) is 0 Å². The minimum atomic E-state index is 0.541. The van der Waals surface area contributed by atoms with E-state index >= 15 is 0 Å². The molecule has 2 rings (SSSR count). The largest absolute Gasteiger partial charge is 0.250 e. The van der Waals surface area contributed by atoms with Gasteiger partial charge in [0.2, 0.25) is 0 Å². The molecule has 3 heteroatoms. The maximum Gasteiger partial charge on any atom is 0.105 e. The van der Waals surface area contributed by atoms with Gasteiger partial charge in [0.1, 0.15) is 5.52 Å². The van der Waals surface area contributed by atoms with Crippen LogP contribution in [0.5, 0.6) is 0 Å². The first-order valence-corrected chi connectivity index (χ1v) is 6.28. The lowest BCUT2D eigenvalue weighted by Crippen LogP contribution is -1.95. The molecule has 0 N–H and O–H groups in total. The van der Waals surface area contributed by atoms with Crippen molar-refractivity contribution in [3.05, 3.63) is 23.5 Å². The number of aromatic nitrogens is 2. The SMILES string of the molecule is CCc1nsc2ccc(C(C)CC)nc12. The standard InChI is InChI=1S/C12H16N2S/c1-4-8(3)10-6-7-11-12(13-10)9(5-2)14-15-11/h6-8H,4-5H2,1-3H3. The molecule has 0 aliphatic heterocycles. The number of rotatable bonds is 3. The summed E-state index contributed by atoms with van der Waals surface area (Å²) in [5.41, 5.74) is 3.44. The summed E-state index contributed by atoms with van der Waals surface area (Å²) in [5.74, 6) is 0.541. The molecule has 80 valence electrons. The minimum absolute atomic E-state index is 0.541. The van der Waals surface area contributed by atoms with Crippen molar-refractivity contribution in [1.82, 2.24) is 9.36 Å². The third-order valence-corrected chi connectivity index (χ3v) is 3.70. The molecule has 0 fully saturated rings. The highest BCUT2D eigenvalue weighted by molar-refractivity contribution is 7.13. The zero-order chi connectivity index (χ0) is 10.8. The Bertz CT molecular complexity index is 462. The molecule has 2 aromatic heterocycles. The summed E-state index contributed by atoms with van der Waals surface area (Å²) >= 11 is 1.55. The predicted molar refractivity (Wildman–Crippen MR) is 65.5 cm³/mol. The van der Waals surface area contributed by atoms with Gasteiger partial charge in [-0.15, -0.1) is 0 Å². The minimum Gasteiger partial charge on any atom is -0.250 e. The zero-order valence-corrected chi connectivity index (χ0v) is 10.3. The Hall–Kier alpha value is -0.960. The van der Waals surface area contributed by atoms with Gasteiger partial charge in [-0.1, -0.05) is 20.8 Å². The Kier molecular flexibility index (Phi) is 3.00. The maximum atomic E-state index is 4.72. The molecule has 2 aromatic rings. The van der Waals surface area contributed by atoms with Crippen LogP contribution < -0.4 is 0 Å². The molecular formula is C12H16N2S. The lowest BCUT2D eigenvalue weighted by atomic mass is 10.0. The number of pyridine rings is 1. The van der Waals surface area contributed by atoms with E-state index in [0.29, 0.717) is 5.92 Å². The number of hydrogen-bond acceptors (Lipinski definition) is 3. The first kappa shape index (κ1) is 10.6. The molecule has 0 saturated heterocycles. The molecule has 2 nitrogen and oxygen atoms in total. The average Bonchev–Trinajstić information content (AvgIpc) is 2.69. The Morgan fingerprint density at radius 2 is 2.13 bits per heavy atom. The normalized spacial score (nSPS) is 13.3. The molecule has 0 aliphatic rings. The quantitative estimate of drug-likeness (QED) is 0.787. The molecule has 15 heavy (non-hydrogen) atoms.